The largest absolute Gasteiger partial charge is 0.480 e. The Balaban J connectivity index is 2.46. The molecule has 1 heterocycles. The third-order valence-electron chi connectivity index (χ3n) is 1.94. The van der Waals surface area contributed by atoms with Crippen molar-refractivity contribution >= 4 is 17.7 Å². The van der Waals surface area contributed by atoms with E-state index in [2.05, 4.69) is 9.97 Å². The fraction of sp³-hybridized carbons (Fsp3) is 0.500. The summed E-state index contributed by atoms with van der Waals surface area (Å²) in [5, 5.41) is 9.28. The Kier molecular flexibility index (Phi) is 4.70. The molecule has 3 N–H and O–H groups in total. The minimum Gasteiger partial charge on any atom is -0.480 e. The second-order valence-electron chi connectivity index (χ2n) is 3.52. The number of aromatic nitrogens is 2. The van der Waals surface area contributed by atoms with Crippen LogP contribution in [0.3, 0.4) is 0 Å². The first kappa shape index (κ1) is 12.9. The Bertz CT molecular complexity index is 364. The third-order valence-corrected chi connectivity index (χ3v) is 2.82. The lowest BCUT2D eigenvalue weighted by Crippen LogP contribution is -2.30. The summed E-state index contributed by atoms with van der Waals surface area (Å²) < 4.78 is 0. The molecule has 88 valence electrons. The van der Waals surface area contributed by atoms with Gasteiger partial charge in [0.2, 0.25) is 0 Å². The fourth-order valence-corrected chi connectivity index (χ4v) is 2.13. The standard InChI is InChI=1S/C10H15N3O2S/c1-6-5-7(2)13-10(12-6)16-4-3-8(11)9(14)15/h5,8H,3-4,11H2,1-2H3,(H,14,15). The summed E-state index contributed by atoms with van der Waals surface area (Å²) in [5.74, 6) is -0.363. The van der Waals surface area contributed by atoms with Crippen molar-refractivity contribution in [1.82, 2.24) is 9.97 Å². The van der Waals surface area contributed by atoms with Gasteiger partial charge >= 0.3 is 5.97 Å². The van der Waals surface area contributed by atoms with Gasteiger partial charge < -0.3 is 10.8 Å². The minimum atomic E-state index is -0.970. The number of carboxylic acid groups (broad SMARTS) is 1. The van der Waals surface area contributed by atoms with Crippen LogP contribution < -0.4 is 5.73 Å². The quantitative estimate of drug-likeness (QED) is 0.590. The maximum atomic E-state index is 10.5. The monoisotopic (exact) mass is 241 g/mol. The van der Waals surface area contributed by atoms with Gasteiger partial charge in [-0.3, -0.25) is 4.79 Å². The van der Waals surface area contributed by atoms with Gasteiger partial charge in [0.25, 0.3) is 0 Å². The van der Waals surface area contributed by atoms with Crippen molar-refractivity contribution in [3.05, 3.63) is 17.5 Å². The number of rotatable bonds is 5. The van der Waals surface area contributed by atoms with E-state index in [4.69, 9.17) is 10.8 Å². The summed E-state index contributed by atoms with van der Waals surface area (Å²) in [6.07, 6.45) is 0.413. The number of thioether (sulfide) groups is 1. The normalized spacial score (nSPS) is 12.4. The lowest BCUT2D eigenvalue weighted by molar-refractivity contribution is -0.138. The maximum absolute atomic E-state index is 10.5. The van der Waals surface area contributed by atoms with Crippen LogP contribution in [-0.2, 0) is 4.79 Å². The number of aliphatic carboxylic acids is 1. The molecule has 6 heteroatoms. The average molecular weight is 241 g/mol. The molecule has 0 bridgehead atoms. The van der Waals surface area contributed by atoms with E-state index in [1.54, 1.807) is 0 Å². The summed E-state index contributed by atoms with van der Waals surface area (Å²) in [5.41, 5.74) is 7.22. The van der Waals surface area contributed by atoms with E-state index >= 15 is 0 Å². The summed E-state index contributed by atoms with van der Waals surface area (Å²) >= 11 is 1.43. The SMILES string of the molecule is Cc1cc(C)nc(SCCC(N)C(=O)O)n1. The first-order valence-corrected chi connectivity index (χ1v) is 5.91. The molecule has 0 radical (unpaired) electrons. The first-order chi connectivity index (χ1) is 7.49. The van der Waals surface area contributed by atoms with Crippen molar-refractivity contribution in [1.29, 1.82) is 0 Å². The van der Waals surface area contributed by atoms with E-state index in [0.29, 0.717) is 17.3 Å². The summed E-state index contributed by atoms with van der Waals surface area (Å²) in [6, 6.07) is 1.09. The summed E-state index contributed by atoms with van der Waals surface area (Å²) in [6.45, 7) is 3.81. The molecule has 1 atom stereocenters. The lowest BCUT2D eigenvalue weighted by atomic mass is 10.2. The van der Waals surface area contributed by atoms with Crippen LogP contribution in [0.5, 0.6) is 0 Å². The molecule has 1 unspecified atom stereocenters. The molecule has 1 aromatic rings. The molecule has 1 rings (SSSR count). The molecular formula is C10H15N3O2S. The molecule has 16 heavy (non-hydrogen) atoms. The van der Waals surface area contributed by atoms with E-state index in [-0.39, 0.29) is 0 Å². The zero-order valence-corrected chi connectivity index (χ0v) is 10.1. The van der Waals surface area contributed by atoms with Gasteiger partial charge in [-0.1, -0.05) is 11.8 Å². The molecule has 5 nitrogen and oxygen atoms in total. The smallest absolute Gasteiger partial charge is 0.320 e. The van der Waals surface area contributed by atoms with Crippen molar-refractivity contribution in [2.45, 2.75) is 31.5 Å². The third kappa shape index (κ3) is 4.16. The van der Waals surface area contributed by atoms with Gasteiger partial charge in [-0.2, -0.15) is 0 Å². The van der Waals surface area contributed by atoms with E-state index in [0.717, 1.165) is 11.4 Å². The van der Waals surface area contributed by atoms with E-state index in [1.807, 2.05) is 19.9 Å². The number of carboxylic acids is 1. The molecule has 0 aliphatic heterocycles. The van der Waals surface area contributed by atoms with Crippen LogP contribution in [0.1, 0.15) is 17.8 Å². The van der Waals surface area contributed by atoms with Gasteiger partial charge in [0, 0.05) is 17.1 Å². The number of nitrogens with two attached hydrogens (primary N) is 1. The summed E-state index contributed by atoms with van der Waals surface area (Å²) in [7, 11) is 0. The molecule has 0 amide bonds. The maximum Gasteiger partial charge on any atom is 0.320 e. The van der Waals surface area contributed by atoms with Crippen LogP contribution in [-0.4, -0.2) is 32.8 Å². The second-order valence-corrected chi connectivity index (χ2v) is 4.58. The van der Waals surface area contributed by atoms with Gasteiger partial charge in [0.15, 0.2) is 5.16 Å². The predicted octanol–water partition coefficient (Wildman–Crippen LogP) is 0.988. The highest BCUT2D eigenvalue weighted by Gasteiger charge is 2.11. The van der Waals surface area contributed by atoms with E-state index in [9.17, 15) is 4.79 Å². The Hall–Kier alpha value is -1.14. The first-order valence-electron chi connectivity index (χ1n) is 4.92. The molecule has 0 fully saturated rings. The number of carbonyl (C=O) groups is 1. The van der Waals surface area contributed by atoms with E-state index < -0.39 is 12.0 Å². The van der Waals surface area contributed by atoms with Crippen molar-refractivity contribution in [2.24, 2.45) is 5.73 Å². The number of hydrogen-bond donors (Lipinski definition) is 2. The van der Waals surface area contributed by atoms with Crippen LogP contribution >= 0.6 is 11.8 Å². The Morgan fingerprint density at radius 1 is 1.50 bits per heavy atom. The number of hydrogen-bond acceptors (Lipinski definition) is 5. The van der Waals surface area contributed by atoms with Crippen LogP contribution in [0.25, 0.3) is 0 Å². The van der Waals surface area contributed by atoms with Crippen LogP contribution in [0.4, 0.5) is 0 Å². The lowest BCUT2D eigenvalue weighted by Gasteiger charge is -2.05. The van der Waals surface area contributed by atoms with Crippen LogP contribution in [0.15, 0.2) is 11.2 Å². The van der Waals surface area contributed by atoms with Gasteiger partial charge in [-0.25, -0.2) is 9.97 Å². The van der Waals surface area contributed by atoms with Crippen LogP contribution in [0, 0.1) is 13.8 Å². The molecular weight excluding hydrogens is 226 g/mol. The Labute approximate surface area is 98.5 Å². The average Bonchev–Trinajstić information content (AvgIpc) is 2.15. The highest BCUT2D eigenvalue weighted by Crippen LogP contribution is 2.15. The van der Waals surface area contributed by atoms with Gasteiger partial charge in [-0.15, -0.1) is 0 Å². The van der Waals surface area contributed by atoms with Gasteiger partial charge in [0.05, 0.1) is 0 Å². The van der Waals surface area contributed by atoms with Crippen molar-refractivity contribution in [3.8, 4) is 0 Å². The number of nitrogens with zero attached hydrogens (tertiary/aromatic N) is 2. The van der Waals surface area contributed by atoms with Crippen molar-refractivity contribution in [2.75, 3.05) is 5.75 Å². The Morgan fingerprint density at radius 3 is 2.56 bits per heavy atom. The highest BCUT2D eigenvalue weighted by molar-refractivity contribution is 7.99. The zero-order valence-electron chi connectivity index (χ0n) is 9.30. The molecule has 0 aliphatic carbocycles. The zero-order chi connectivity index (χ0) is 12.1. The van der Waals surface area contributed by atoms with Gasteiger partial charge in [0.1, 0.15) is 6.04 Å². The van der Waals surface area contributed by atoms with Crippen LogP contribution in [0.2, 0.25) is 0 Å². The second kappa shape index (κ2) is 5.81. The molecule has 0 spiro atoms. The molecule has 0 saturated carbocycles. The number of aryl methyl sites for hydroxylation is 2. The topological polar surface area (TPSA) is 89.1 Å². The van der Waals surface area contributed by atoms with Crippen molar-refractivity contribution < 1.29 is 9.90 Å². The summed E-state index contributed by atoms with van der Waals surface area (Å²) in [4.78, 5) is 19.0. The minimum absolute atomic E-state index is 0.413. The molecule has 1 aromatic heterocycles. The molecule has 0 saturated heterocycles. The molecule has 0 aromatic carbocycles. The van der Waals surface area contributed by atoms with Gasteiger partial charge in [-0.05, 0) is 26.3 Å². The Morgan fingerprint density at radius 2 is 2.06 bits per heavy atom. The highest BCUT2D eigenvalue weighted by atomic mass is 32.2. The van der Waals surface area contributed by atoms with Crippen molar-refractivity contribution in [3.63, 3.8) is 0 Å². The molecule has 0 aliphatic rings. The van der Waals surface area contributed by atoms with E-state index in [1.165, 1.54) is 11.8 Å². The fourth-order valence-electron chi connectivity index (χ4n) is 1.16. The predicted molar refractivity (Wildman–Crippen MR) is 62.5 cm³/mol.